The van der Waals surface area contributed by atoms with Crippen molar-refractivity contribution in [2.24, 2.45) is 0 Å². The lowest BCUT2D eigenvalue weighted by atomic mass is 10.3. The van der Waals surface area contributed by atoms with Crippen LogP contribution in [0.1, 0.15) is 0 Å². The van der Waals surface area contributed by atoms with Crippen molar-refractivity contribution in [3.05, 3.63) is 41.0 Å². The molecular formula is C17H20N6O3. The number of aromatic nitrogens is 3. The van der Waals surface area contributed by atoms with E-state index in [-0.39, 0.29) is 12.5 Å². The zero-order chi connectivity index (χ0) is 18.8. The molecule has 9 nitrogen and oxygen atoms in total. The van der Waals surface area contributed by atoms with Gasteiger partial charge in [-0.3, -0.25) is 9.36 Å². The first kappa shape index (κ1) is 17.5. The van der Waals surface area contributed by atoms with Gasteiger partial charge >= 0.3 is 5.76 Å². The third-order valence-electron chi connectivity index (χ3n) is 3.73. The van der Waals surface area contributed by atoms with Crippen molar-refractivity contribution in [3.8, 4) is 0 Å². The Hall–Kier alpha value is -3.36. The van der Waals surface area contributed by atoms with Gasteiger partial charge in [0.15, 0.2) is 11.4 Å². The van der Waals surface area contributed by atoms with E-state index in [9.17, 15) is 9.59 Å². The fourth-order valence-corrected chi connectivity index (χ4v) is 2.51. The van der Waals surface area contributed by atoms with Crippen LogP contribution < -0.4 is 20.9 Å². The van der Waals surface area contributed by atoms with Gasteiger partial charge in [-0.1, -0.05) is 12.1 Å². The van der Waals surface area contributed by atoms with Gasteiger partial charge in [0.1, 0.15) is 12.2 Å². The van der Waals surface area contributed by atoms with E-state index in [1.807, 2.05) is 28.2 Å². The normalized spacial score (nSPS) is 10.8. The fraction of sp³-hybridized carbons (Fsp3) is 0.294. The topological polar surface area (TPSA) is 96.5 Å². The summed E-state index contributed by atoms with van der Waals surface area (Å²) >= 11 is 0. The number of nitrogens with zero attached hydrogens (tertiary/aromatic N) is 5. The van der Waals surface area contributed by atoms with Crippen molar-refractivity contribution in [3.63, 3.8) is 0 Å². The van der Waals surface area contributed by atoms with Gasteiger partial charge in [0.05, 0.1) is 11.7 Å². The summed E-state index contributed by atoms with van der Waals surface area (Å²) in [7, 11) is 7.32. The van der Waals surface area contributed by atoms with Crippen LogP contribution in [0.5, 0.6) is 0 Å². The number of carbonyl (C=O) groups is 1. The summed E-state index contributed by atoms with van der Waals surface area (Å²) in [5, 5.41) is 2.76. The van der Waals surface area contributed by atoms with Crippen molar-refractivity contribution in [2.75, 3.05) is 43.3 Å². The Kier molecular flexibility index (Phi) is 4.61. The molecule has 1 N–H and O–H groups in total. The molecule has 0 saturated carbocycles. The fourth-order valence-electron chi connectivity index (χ4n) is 2.51. The molecule has 0 saturated heterocycles. The maximum atomic E-state index is 12.5. The van der Waals surface area contributed by atoms with E-state index in [1.54, 1.807) is 40.3 Å². The Morgan fingerprint density at radius 1 is 1.19 bits per heavy atom. The van der Waals surface area contributed by atoms with Gasteiger partial charge in [0.25, 0.3) is 0 Å². The molecule has 1 aromatic carbocycles. The molecule has 0 spiro atoms. The molecule has 2 heterocycles. The Labute approximate surface area is 149 Å². The van der Waals surface area contributed by atoms with Crippen LogP contribution in [-0.4, -0.2) is 48.6 Å². The third kappa shape index (κ3) is 3.37. The van der Waals surface area contributed by atoms with Gasteiger partial charge < -0.3 is 19.5 Å². The van der Waals surface area contributed by atoms with Crippen LogP contribution in [0.4, 0.5) is 17.5 Å². The van der Waals surface area contributed by atoms with Crippen LogP contribution in [0.2, 0.25) is 0 Å². The quantitative estimate of drug-likeness (QED) is 0.732. The smallest absolute Gasteiger partial charge is 0.408 e. The molecule has 3 rings (SSSR count). The number of amides is 1. The Balaban J connectivity index is 1.86. The van der Waals surface area contributed by atoms with E-state index in [0.29, 0.717) is 28.6 Å². The molecule has 0 radical (unpaired) electrons. The summed E-state index contributed by atoms with van der Waals surface area (Å²) in [5.74, 6) is 0.154. The molecule has 0 atom stereocenters. The second-order valence-electron chi connectivity index (χ2n) is 6.17. The predicted molar refractivity (Wildman–Crippen MR) is 99.8 cm³/mol. The van der Waals surface area contributed by atoms with Crippen LogP contribution in [0, 0.1) is 0 Å². The second-order valence-corrected chi connectivity index (χ2v) is 6.17. The number of oxazole rings is 1. The first-order chi connectivity index (χ1) is 12.4. The maximum absolute atomic E-state index is 12.5. The highest BCUT2D eigenvalue weighted by Gasteiger charge is 2.16. The van der Waals surface area contributed by atoms with Crippen LogP contribution in [-0.2, 0) is 11.3 Å². The van der Waals surface area contributed by atoms with Crippen molar-refractivity contribution >= 4 is 34.5 Å². The SMILES string of the molecule is CN(C)c1ncc(NC(=O)Cn2c(=O)oc3ccccc32)c(N(C)C)n1. The lowest BCUT2D eigenvalue weighted by Crippen LogP contribution is -2.26. The standard InChI is InChI=1S/C17H20N6O3/c1-21(2)15-11(9-18-16(20-15)22(3)4)19-14(24)10-23-12-7-5-6-8-13(12)26-17(23)25/h5-9H,10H2,1-4H3,(H,19,24). The average Bonchev–Trinajstić information content (AvgIpc) is 2.90. The second kappa shape index (κ2) is 6.87. The van der Waals surface area contributed by atoms with E-state index < -0.39 is 5.76 Å². The zero-order valence-corrected chi connectivity index (χ0v) is 15.1. The molecule has 3 aromatic rings. The molecular weight excluding hydrogens is 336 g/mol. The first-order valence-corrected chi connectivity index (χ1v) is 7.96. The Bertz CT molecular complexity index is 1010. The molecule has 136 valence electrons. The number of nitrogens with one attached hydrogen (secondary N) is 1. The monoisotopic (exact) mass is 356 g/mol. The number of anilines is 3. The van der Waals surface area contributed by atoms with Gasteiger partial charge in [-0.05, 0) is 12.1 Å². The summed E-state index contributed by atoms with van der Waals surface area (Å²) in [6.07, 6.45) is 1.55. The summed E-state index contributed by atoms with van der Waals surface area (Å²) in [4.78, 5) is 36.7. The lowest BCUT2D eigenvalue weighted by molar-refractivity contribution is -0.116. The van der Waals surface area contributed by atoms with Crippen molar-refractivity contribution < 1.29 is 9.21 Å². The Morgan fingerprint density at radius 2 is 1.92 bits per heavy atom. The summed E-state index contributed by atoms with van der Waals surface area (Å²) < 4.78 is 6.43. The lowest BCUT2D eigenvalue weighted by Gasteiger charge is -2.19. The van der Waals surface area contributed by atoms with Crippen LogP contribution >= 0.6 is 0 Å². The summed E-state index contributed by atoms with van der Waals surface area (Å²) in [6.45, 7) is -0.169. The summed E-state index contributed by atoms with van der Waals surface area (Å²) in [6, 6.07) is 6.96. The van der Waals surface area contributed by atoms with E-state index in [0.717, 1.165) is 0 Å². The van der Waals surface area contributed by atoms with E-state index in [1.165, 1.54) is 4.57 Å². The molecule has 0 unspecified atom stereocenters. The minimum atomic E-state index is -0.576. The molecule has 0 aliphatic rings. The van der Waals surface area contributed by atoms with Gasteiger partial charge in [0, 0.05) is 28.2 Å². The molecule has 0 aliphatic carbocycles. The molecule has 1 amide bonds. The largest absolute Gasteiger partial charge is 0.420 e. The van der Waals surface area contributed by atoms with Gasteiger partial charge in [-0.2, -0.15) is 4.98 Å². The summed E-state index contributed by atoms with van der Waals surface area (Å²) in [5.41, 5.74) is 1.48. The van der Waals surface area contributed by atoms with Gasteiger partial charge in [-0.25, -0.2) is 9.78 Å². The number of benzene rings is 1. The number of fused-ring (bicyclic) bond motifs is 1. The number of rotatable bonds is 5. The van der Waals surface area contributed by atoms with Gasteiger partial charge in [0.2, 0.25) is 11.9 Å². The molecule has 0 bridgehead atoms. The zero-order valence-electron chi connectivity index (χ0n) is 15.1. The molecule has 0 aliphatic heterocycles. The minimum Gasteiger partial charge on any atom is -0.408 e. The van der Waals surface area contributed by atoms with E-state index in [2.05, 4.69) is 15.3 Å². The highest BCUT2D eigenvalue weighted by Crippen LogP contribution is 2.23. The van der Waals surface area contributed by atoms with Crippen LogP contribution in [0.25, 0.3) is 11.1 Å². The van der Waals surface area contributed by atoms with Crippen LogP contribution in [0.15, 0.2) is 39.7 Å². The third-order valence-corrected chi connectivity index (χ3v) is 3.73. The number of carbonyl (C=O) groups excluding carboxylic acids is 1. The molecule has 26 heavy (non-hydrogen) atoms. The predicted octanol–water partition coefficient (Wildman–Crippen LogP) is 1.16. The molecule has 2 aromatic heterocycles. The highest BCUT2D eigenvalue weighted by molar-refractivity contribution is 5.94. The van der Waals surface area contributed by atoms with Crippen molar-refractivity contribution in [1.29, 1.82) is 0 Å². The van der Waals surface area contributed by atoms with Gasteiger partial charge in [-0.15, -0.1) is 0 Å². The first-order valence-electron chi connectivity index (χ1n) is 7.96. The van der Waals surface area contributed by atoms with E-state index >= 15 is 0 Å². The van der Waals surface area contributed by atoms with Crippen LogP contribution in [0.3, 0.4) is 0 Å². The Morgan fingerprint density at radius 3 is 2.62 bits per heavy atom. The minimum absolute atomic E-state index is 0.169. The molecule has 0 fully saturated rings. The average molecular weight is 356 g/mol. The number of para-hydroxylation sites is 2. The molecule has 9 heteroatoms. The number of hydrogen-bond donors (Lipinski definition) is 1. The van der Waals surface area contributed by atoms with Crippen molar-refractivity contribution in [2.45, 2.75) is 6.54 Å². The van der Waals surface area contributed by atoms with Crippen molar-refractivity contribution in [1.82, 2.24) is 14.5 Å². The number of hydrogen-bond acceptors (Lipinski definition) is 7. The maximum Gasteiger partial charge on any atom is 0.420 e. The highest BCUT2D eigenvalue weighted by atomic mass is 16.4. The van der Waals surface area contributed by atoms with E-state index in [4.69, 9.17) is 4.42 Å².